The molecule has 0 aliphatic carbocycles. The van der Waals surface area contributed by atoms with Crippen molar-refractivity contribution in [1.29, 1.82) is 0 Å². The van der Waals surface area contributed by atoms with E-state index in [1.165, 1.54) is 36.9 Å². The topological polar surface area (TPSA) is 65.4 Å². The number of nitrogens with zero attached hydrogens (tertiary/aromatic N) is 4. The second kappa shape index (κ2) is 10.4. The molecular formula is C27H36N4O3. The van der Waals surface area contributed by atoms with Gasteiger partial charge in [0.05, 0.1) is 19.6 Å². The summed E-state index contributed by atoms with van der Waals surface area (Å²) in [6.07, 6.45) is 6.61. The number of ether oxygens (including phenoxy) is 1. The fourth-order valence-corrected chi connectivity index (χ4v) is 5.89. The van der Waals surface area contributed by atoms with Gasteiger partial charge < -0.3 is 19.4 Å². The van der Waals surface area contributed by atoms with E-state index in [0.29, 0.717) is 37.2 Å². The van der Waals surface area contributed by atoms with E-state index in [2.05, 4.69) is 34.9 Å². The number of carbonyl (C=O) groups excluding carboxylic acids is 2. The van der Waals surface area contributed by atoms with Gasteiger partial charge in [0.1, 0.15) is 5.82 Å². The first-order valence-electron chi connectivity index (χ1n) is 12.9. The Morgan fingerprint density at radius 3 is 2.85 bits per heavy atom. The Labute approximate surface area is 202 Å². The van der Waals surface area contributed by atoms with E-state index < -0.39 is 0 Å². The van der Waals surface area contributed by atoms with Crippen LogP contribution in [-0.4, -0.2) is 79.7 Å². The van der Waals surface area contributed by atoms with Gasteiger partial charge in [0.25, 0.3) is 0 Å². The molecule has 182 valence electrons. The van der Waals surface area contributed by atoms with Crippen molar-refractivity contribution in [3.8, 4) is 0 Å². The number of hydrogen-bond donors (Lipinski definition) is 0. The lowest BCUT2D eigenvalue weighted by atomic mass is 9.86. The Morgan fingerprint density at radius 1 is 1.18 bits per heavy atom. The summed E-state index contributed by atoms with van der Waals surface area (Å²) in [5.41, 5.74) is 4.50. The van der Waals surface area contributed by atoms with Gasteiger partial charge in [-0.3, -0.25) is 9.59 Å². The quantitative estimate of drug-likeness (QED) is 0.647. The lowest BCUT2D eigenvalue weighted by Crippen LogP contribution is -2.37. The van der Waals surface area contributed by atoms with Crippen LogP contribution >= 0.6 is 0 Å². The van der Waals surface area contributed by atoms with Crippen LogP contribution < -0.4 is 4.90 Å². The molecule has 1 amide bonds. The van der Waals surface area contributed by atoms with Crippen molar-refractivity contribution in [3.63, 3.8) is 0 Å². The van der Waals surface area contributed by atoms with Crippen molar-refractivity contribution in [3.05, 3.63) is 41.2 Å². The van der Waals surface area contributed by atoms with Gasteiger partial charge >= 0.3 is 0 Å². The van der Waals surface area contributed by atoms with Crippen molar-refractivity contribution < 1.29 is 14.3 Å². The SMILES string of the molecule is CCCN1CCCC(c2cccc3c2CCN3C(=O)CC2=NC(N3CCOCC3)=CC(=O)C2)C1. The number of aliphatic imine (C=N–C) groups is 1. The van der Waals surface area contributed by atoms with Crippen LogP contribution in [0.25, 0.3) is 0 Å². The maximum absolute atomic E-state index is 13.4. The number of rotatable bonds is 6. The Hall–Kier alpha value is -2.51. The molecule has 1 unspecified atom stereocenters. The number of amides is 1. The second-order valence-electron chi connectivity index (χ2n) is 9.88. The Bertz CT molecular complexity index is 994. The standard InChI is InChI=1S/C27H36N4O3/c1-2-9-29-10-4-5-20(19-29)23-6-3-7-25-24(23)8-11-31(25)27(33)17-21-16-22(32)18-26(28-21)30-12-14-34-15-13-30/h3,6-7,18,20H,2,4-5,8-17,19H2,1H3. The molecule has 0 spiro atoms. The maximum atomic E-state index is 13.4. The van der Waals surface area contributed by atoms with Gasteiger partial charge in [-0.1, -0.05) is 19.1 Å². The lowest BCUT2D eigenvalue weighted by Gasteiger charge is -2.33. The number of carbonyl (C=O) groups is 2. The summed E-state index contributed by atoms with van der Waals surface area (Å²) >= 11 is 0. The van der Waals surface area contributed by atoms with Crippen LogP contribution in [0.1, 0.15) is 56.1 Å². The summed E-state index contributed by atoms with van der Waals surface area (Å²) in [5, 5.41) is 0. The highest BCUT2D eigenvalue weighted by atomic mass is 16.5. The lowest BCUT2D eigenvalue weighted by molar-refractivity contribution is -0.117. The number of anilines is 1. The monoisotopic (exact) mass is 464 g/mol. The van der Waals surface area contributed by atoms with Crippen molar-refractivity contribution in [2.24, 2.45) is 4.99 Å². The van der Waals surface area contributed by atoms with Gasteiger partial charge in [-0.2, -0.15) is 0 Å². The minimum absolute atomic E-state index is 0.0253. The molecule has 4 aliphatic rings. The average Bonchev–Trinajstić information content (AvgIpc) is 3.29. The van der Waals surface area contributed by atoms with E-state index in [9.17, 15) is 9.59 Å². The first-order valence-corrected chi connectivity index (χ1v) is 12.9. The predicted molar refractivity (Wildman–Crippen MR) is 133 cm³/mol. The molecule has 4 aliphatic heterocycles. The van der Waals surface area contributed by atoms with E-state index in [0.717, 1.165) is 38.3 Å². The second-order valence-corrected chi connectivity index (χ2v) is 9.88. The summed E-state index contributed by atoms with van der Waals surface area (Å²) < 4.78 is 5.42. The fraction of sp³-hybridized carbons (Fsp3) is 0.593. The van der Waals surface area contributed by atoms with Crippen LogP contribution in [0.5, 0.6) is 0 Å². The number of likely N-dealkylation sites (tertiary alicyclic amines) is 1. The van der Waals surface area contributed by atoms with Crippen LogP contribution in [0, 0.1) is 0 Å². The van der Waals surface area contributed by atoms with Gasteiger partial charge in [-0.15, -0.1) is 0 Å². The third-order valence-corrected chi connectivity index (χ3v) is 7.48. The van der Waals surface area contributed by atoms with Crippen LogP contribution in [0.15, 0.2) is 35.1 Å². The molecule has 0 aromatic heterocycles. The summed E-state index contributed by atoms with van der Waals surface area (Å²) in [4.78, 5) is 37.0. The number of fused-ring (bicyclic) bond motifs is 1. The third-order valence-electron chi connectivity index (χ3n) is 7.48. The molecular weight excluding hydrogens is 428 g/mol. The van der Waals surface area contributed by atoms with E-state index in [1.807, 2.05) is 4.90 Å². The highest BCUT2D eigenvalue weighted by molar-refractivity contribution is 6.16. The van der Waals surface area contributed by atoms with Gasteiger partial charge in [-0.05, 0) is 61.9 Å². The van der Waals surface area contributed by atoms with Crippen molar-refractivity contribution in [2.75, 3.05) is 57.4 Å². The Morgan fingerprint density at radius 2 is 2.03 bits per heavy atom. The molecule has 0 N–H and O–H groups in total. The zero-order valence-corrected chi connectivity index (χ0v) is 20.3. The Kier molecular flexibility index (Phi) is 7.11. The number of morpholine rings is 1. The maximum Gasteiger partial charge on any atom is 0.232 e. The number of benzene rings is 1. The molecule has 5 rings (SSSR count). The molecule has 1 aromatic carbocycles. The third kappa shape index (κ3) is 4.96. The predicted octanol–water partition coefficient (Wildman–Crippen LogP) is 3.14. The fourth-order valence-electron chi connectivity index (χ4n) is 5.89. The molecule has 1 aromatic rings. The molecule has 1 atom stereocenters. The number of hydrogen-bond acceptors (Lipinski definition) is 6. The largest absolute Gasteiger partial charge is 0.378 e. The molecule has 0 saturated carbocycles. The molecule has 4 heterocycles. The summed E-state index contributed by atoms with van der Waals surface area (Å²) in [5.74, 6) is 1.30. The van der Waals surface area contributed by atoms with E-state index in [1.54, 1.807) is 6.08 Å². The zero-order chi connectivity index (χ0) is 23.5. The van der Waals surface area contributed by atoms with Crippen molar-refractivity contribution >= 4 is 23.1 Å². The summed E-state index contributed by atoms with van der Waals surface area (Å²) in [6, 6.07) is 6.47. The molecule has 0 radical (unpaired) electrons. The van der Waals surface area contributed by atoms with Gasteiger partial charge in [0.15, 0.2) is 5.78 Å². The molecule has 7 heteroatoms. The first-order chi connectivity index (χ1) is 16.6. The number of ketones is 1. The molecule has 0 bridgehead atoms. The van der Waals surface area contributed by atoms with Crippen molar-refractivity contribution in [2.45, 2.75) is 51.4 Å². The van der Waals surface area contributed by atoms with Crippen LogP contribution in [-0.2, 0) is 20.7 Å². The summed E-state index contributed by atoms with van der Waals surface area (Å²) in [7, 11) is 0. The minimum Gasteiger partial charge on any atom is -0.378 e. The van der Waals surface area contributed by atoms with Crippen LogP contribution in [0.4, 0.5) is 5.69 Å². The van der Waals surface area contributed by atoms with Gasteiger partial charge in [0.2, 0.25) is 5.91 Å². The van der Waals surface area contributed by atoms with Crippen molar-refractivity contribution in [1.82, 2.24) is 9.80 Å². The summed E-state index contributed by atoms with van der Waals surface area (Å²) in [6.45, 7) is 9.17. The highest BCUT2D eigenvalue weighted by Crippen LogP contribution is 2.38. The van der Waals surface area contributed by atoms with E-state index in [4.69, 9.17) is 9.73 Å². The van der Waals surface area contributed by atoms with Gasteiger partial charge in [0, 0.05) is 50.1 Å². The van der Waals surface area contributed by atoms with E-state index >= 15 is 0 Å². The smallest absolute Gasteiger partial charge is 0.232 e. The number of piperidine rings is 1. The normalized spacial score (nSPS) is 23.6. The first kappa shape index (κ1) is 23.2. The highest BCUT2D eigenvalue weighted by Gasteiger charge is 2.31. The minimum atomic E-state index is 0.0253. The zero-order valence-electron chi connectivity index (χ0n) is 20.3. The number of allylic oxidation sites excluding steroid dienone is 1. The van der Waals surface area contributed by atoms with E-state index in [-0.39, 0.29) is 24.5 Å². The molecule has 7 nitrogen and oxygen atoms in total. The molecule has 2 saturated heterocycles. The van der Waals surface area contributed by atoms with Crippen LogP contribution in [0.2, 0.25) is 0 Å². The average molecular weight is 465 g/mol. The van der Waals surface area contributed by atoms with Gasteiger partial charge in [-0.25, -0.2) is 4.99 Å². The van der Waals surface area contributed by atoms with Crippen LogP contribution in [0.3, 0.4) is 0 Å². The molecule has 2 fully saturated rings. The molecule has 34 heavy (non-hydrogen) atoms. The Balaban J connectivity index is 1.30.